The number of Topliss-reactive ketones (excluding diaryl/α,β-unsaturated/α-hetero) is 1. The van der Waals surface area contributed by atoms with Gasteiger partial charge in [-0.3, -0.25) is 4.79 Å². The lowest BCUT2D eigenvalue weighted by Crippen LogP contribution is -3.20. The molecule has 1 N–H and O–H groups in total. The van der Waals surface area contributed by atoms with E-state index in [0.717, 1.165) is 19.0 Å². The van der Waals surface area contributed by atoms with Crippen molar-refractivity contribution in [3.8, 4) is 0 Å². The summed E-state index contributed by atoms with van der Waals surface area (Å²) < 4.78 is 0. The quantitative estimate of drug-likeness (QED) is 0.690. The van der Waals surface area contributed by atoms with E-state index in [2.05, 4.69) is 13.8 Å². The fourth-order valence-electron chi connectivity index (χ4n) is 3.35. The van der Waals surface area contributed by atoms with Gasteiger partial charge in [-0.15, -0.1) is 0 Å². The summed E-state index contributed by atoms with van der Waals surface area (Å²) in [5.74, 6) is 0.792. The molecular formula is C13H24NO+. The van der Waals surface area contributed by atoms with Crippen molar-refractivity contribution in [3.63, 3.8) is 0 Å². The van der Waals surface area contributed by atoms with Gasteiger partial charge in [0.1, 0.15) is 5.78 Å². The third-order valence-electron chi connectivity index (χ3n) is 4.36. The normalized spacial score (nSPS) is 39.3. The van der Waals surface area contributed by atoms with Crippen LogP contribution >= 0.6 is 0 Å². The minimum atomic E-state index is 0.304. The first-order valence-electron chi connectivity index (χ1n) is 6.56. The molecule has 0 aromatic carbocycles. The lowest BCUT2D eigenvalue weighted by Gasteiger charge is -2.39. The Bertz CT molecular complexity index is 233. The lowest BCUT2D eigenvalue weighted by atomic mass is 9.87. The summed E-state index contributed by atoms with van der Waals surface area (Å²) in [5.41, 5.74) is 0. The number of rotatable bonds is 1. The number of hydrogen-bond donors (Lipinski definition) is 1. The molecule has 0 aromatic heterocycles. The molecule has 3 atom stereocenters. The van der Waals surface area contributed by atoms with Crippen LogP contribution in [0.5, 0.6) is 0 Å². The first-order chi connectivity index (χ1) is 7.18. The number of piperidine rings is 1. The minimum Gasteiger partial charge on any atom is -0.329 e. The molecule has 0 spiro atoms. The molecule has 2 aliphatic rings. The smallest absolute Gasteiger partial charge is 0.147 e. The largest absolute Gasteiger partial charge is 0.329 e. The molecule has 1 saturated heterocycles. The number of hydrogen-bond acceptors (Lipinski definition) is 1. The maximum absolute atomic E-state index is 11.6. The van der Waals surface area contributed by atoms with Gasteiger partial charge in [-0.05, 0) is 32.6 Å². The third-order valence-corrected chi connectivity index (χ3v) is 4.36. The number of quaternary nitrogens is 1. The van der Waals surface area contributed by atoms with Gasteiger partial charge in [0.05, 0.1) is 31.0 Å². The van der Waals surface area contributed by atoms with Crippen molar-refractivity contribution in [2.45, 2.75) is 64.5 Å². The van der Waals surface area contributed by atoms with Crippen molar-refractivity contribution >= 4 is 5.78 Å². The molecule has 1 aliphatic carbocycles. The van der Waals surface area contributed by atoms with Gasteiger partial charge >= 0.3 is 0 Å². The van der Waals surface area contributed by atoms with Crippen molar-refractivity contribution in [3.05, 3.63) is 0 Å². The molecule has 2 nitrogen and oxygen atoms in total. The molecule has 15 heavy (non-hydrogen) atoms. The van der Waals surface area contributed by atoms with Crippen molar-refractivity contribution in [2.75, 3.05) is 6.54 Å². The summed E-state index contributed by atoms with van der Waals surface area (Å²) in [6.07, 6.45) is 7.83. The molecule has 1 aliphatic heterocycles. The van der Waals surface area contributed by atoms with E-state index in [9.17, 15) is 4.79 Å². The van der Waals surface area contributed by atoms with Crippen molar-refractivity contribution in [2.24, 2.45) is 5.92 Å². The number of carbonyl (C=O) groups excluding carboxylic acids is 1. The molecule has 0 radical (unpaired) electrons. The van der Waals surface area contributed by atoms with E-state index in [4.69, 9.17) is 0 Å². The van der Waals surface area contributed by atoms with Gasteiger partial charge in [0.2, 0.25) is 0 Å². The van der Waals surface area contributed by atoms with E-state index in [1.165, 1.54) is 32.1 Å². The van der Waals surface area contributed by atoms with Crippen LogP contribution in [-0.2, 0) is 4.79 Å². The second-order valence-electron chi connectivity index (χ2n) is 5.59. The maximum Gasteiger partial charge on any atom is 0.147 e. The summed E-state index contributed by atoms with van der Waals surface area (Å²) in [7, 11) is 0. The Morgan fingerprint density at radius 1 is 1.13 bits per heavy atom. The van der Waals surface area contributed by atoms with Crippen LogP contribution in [0.25, 0.3) is 0 Å². The summed E-state index contributed by atoms with van der Waals surface area (Å²) in [6.45, 7) is 5.45. The third kappa shape index (κ3) is 2.41. The monoisotopic (exact) mass is 210 g/mol. The summed E-state index contributed by atoms with van der Waals surface area (Å²) >= 11 is 0. The standard InChI is InChI=1S/C13H23NO/c1-10-9-14(11(2)8-13(10)15)12-6-4-3-5-7-12/h10-12H,3-9H2,1-2H3/p+1/t10-,11+/m1/s1. The molecule has 2 rings (SSSR count). The van der Waals surface area contributed by atoms with Gasteiger partial charge in [-0.1, -0.05) is 13.3 Å². The maximum atomic E-state index is 11.6. The first kappa shape index (κ1) is 11.1. The highest BCUT2D eigenvalue weighted by Crippen LogP contribution is 2.17. The van der Waals surface area contributed by atoms with Crippen LogP contribution in [0.2, 0.25) is 0 Å². The summed E-state index contributed by atoms with van der Waals surface area (Å²) in [5, 5.41) is 0. The molecule has 0 amide bonds. The summed E-state index contributed by atoms with van der Waals surface area (Å²) in [6, 6.07) is 1.42. The molecule has 86 valence electrons. The van der Waals surface area contributed by atoms with E-state index in [1.807, 2.05) is 0 Å². The number of ketones is 1. The molecule has 1 heterocycles. The molecule has 1 saturated carbocycles. The fraction of sp³-hybridized carbons (Fsp3) is 0.923. The van der Waals surface area contributed by atoms with Gasteiger partial charge in [0.25, 0.3) is 0 Å². The number of nitrogens with one attached hydrogen (secondary N) is 1. The SMILES string of the molecule is C[C@@H]1C[NH+](C2CCCCC2)[C@@H](C)CC1=O. The second-order valence-corrected chi connectivity index (χ2v) is 5.59. The number of carbonyl (C=O) groups is 1. The van der Waals surface area contributed by atoms with Gasteiger partial charge < -0.3 is 4.90 Å². The first-order valence-corrected chi connectivity index (χ1v) is 6.56. The zero-order valence-electron chi connectivity index (χ0n) is 10.1. The van der Waals surface area contributed by atoms with Gasteiger partial charge in [0.15, 0.2) is 0 Å². The molecule has 0 aromatic rings. The highest BCUT2D eigenvalue weighted by molar-refractivity contribution is 5.81. The Labute approximate surface area is 93.0 Å². The topological polar surface area (TPSA) is 21.5 Å². The fourth-order valence-corrected chi connectivity index (χ4v) is 3.35. The molecule has 2 fully saturated rings. The zero-order valence-corrected chi connectivity index (χ0v) is 10.1. The number of likely N-dealkylation sites (tertiary alicyclic amines) is 1. The predicted molar refractivity (Wildman–Crippen MR) is 61.0 cm³/mol. The Morgan fingerprint density at radius 3 is 2.47 bits per heavy atom. The highest BCUT2D eigenvalue weighted by Gasteiger charge is 2.37. The summed E-state index contributed by atoms with van der Waals surface area (Å²) in [4.78, 5) is 13.3. The van der Waals surface area contributed by atoms with E-state index < -0.39 is 0 Å². The average Bonchev–Trinajstić information content (AvgIpc) is 2.25. The Hall–Kier alpha value is -0.370. The van der Waals surface area contributed by atoms with E-state index in [0.29, 0.717) is 17.7 Å². The van der Waals surface area contributed by atoms with Crippen LogP contribution < -0.4 is 4.90 Å². The molecule has 0 bridgehead atoms. The van der Waals surface area contributed by atoms with Crippen molar-refractivity contribution < 1.29 is 9.69 Å². The molecular weight excluding hydrogens is 186 g/mol. The van der Waals surface area contributed by atoms with Gasteiger partial charge in [0, 0.05) is 0 Å². The van der Waals surface area contributed by atoms with Crippen molar-refractivity contribution in [1.82, 2.24) is 0 Å². The zero-order chi connectivity index (χ0) is 10.8. The van der Waals surface area contributed by atoms with E-state index in [-0.39, 0.29) is 0 Å². The Balaban J connectivity index is 1.98. The predicted octanol–water partition coefficient (Wildman–Crippen LogP) is 1.20. The van der Waals surface area contributed by atoms with Crippen LogP contribution in [0.3, 0.4) is 0 Å². The van der Waals surface area contributed by atoms with Crippen LogP contribution in [0.1, 0.15) is 52.4 Å². The van der Waals surface area contributed by atoms with Crippen molar-refractivity contribution in [1.29, 1.82) is 0 Å². The molecule has 1 unspecified atom stereocenters. The molecule has 2 heteroatoms. The van der Waals surface area contributed by atoms with Crippen LogP contribution in [0.15, 0.2) is 0 Å². The average molecular weight is 210 g/mol. The van der Waals surface area contributed by atoms with Gasteiger partial charge in [-0.2, -0.15) is 0 Å². The minimum absolute atomic E-state index is 0.304. The van der Waals surface area contributed by atoms with Gasteiger partial charge in [-0.25, -0.2) is 0 Å². The van der Waals surface area contributed by atoms with E-state index >= 15 is 0 Å². The van der Waals surface area contributed by atoms with Crippen LogP contribution in [0.4, 0.5) is 0 Å². The lowest BCUT2D eigenvalue weighted by molar-refractivity contribution is -0.953. The van der Waals surface area contributed by atoms with Crippen LogP contribution in [0, 0.1) is 5.92 Å². The highest BCUT2D eigenvalue weighted by atomic mass is 16.1. The van der Waals surface area contributed by atoms with E-state index in [1.54, 1.807) is 4.90 Å². The Morgan fingerprint density at radius 2 is 1.80 bits per heavy atom. The second kappa shape index (κ2) is 4.65. The van der Waals surface area contributed by atoms with Crippen LogP contribution in [-0.4, -0.2) is 24.4 Å². The Kier molecular flexibility index (Phi) is 3.45.